The van der Waals surface area contributed by atoms with E-state index < -0.39 is 5.97 Å². The summed E-state index contributed by atoms with van der Waals surface area (Å²) in [6, 6.07) is 13.6. The number of benzene rings is 2. The molecule has 0 heterocycles. The second-order valence-electron chi connectivity index (χ2n) is 5.71. The van der Waals surface area contributed by atoms with Crippen molar-refractivity contribution in [3.63, 3.8) is 0 Å². The second kappa shape index (κ2) is 7.49. The molecule has 0 aromatic heterocycles. The molecule has 122 valence electrons. The van der Waals surface area contributed by atoms with E-state index in [1.165, 1.54) is 0 Å². The lowest BCUT2D eigenvalue weighted by Gasteiger charge is -2.17. The third kappa shape index (κ3) is 4.24. The van der Waals surface area contributed by atoms with Gasteiger partial charge in [-0.1, -0.05) is 29.8 Å². The molecule has 2 aromatic carbocycles. The van der Waals surface area contributed by atoms with Crippen LogP contribution < -0.4 is 10.6 Å². The molecule has 0 saturated heterocycles. The third-order valence-corrected chi connectivity index (χ3v) is 4.17. The number of hydrogen-bond acceptors (Lipinski definition) is 3. The van der Waals surface area contributed by atoms with Crippen LogP contribution in [0.1, 0.15) is 17.9 Å². The minimum Gasteiger partial charge on any atom is -0.481 e. The largest absolute Gasteiger partial charge is 0.481 e. The predicted octanol–water partition coefficient (Wildman–Crippen LogP) is 3.59. The maximum Gasteiger partial charge on any atom is 0.304 e. The Hall–Kier alpha value is -2.04. The Balaban J connectivity index is 2.45. The van der Waals surface area contributed by atoms with Crippen LogP contribution in [0, 0.1) is 0 Å². The van der Waals surface area contributed by atoms with Crippen LogP contribution in [0.15, 0.2) is 42.5 Å². The van der Waals surface area contributed by atoms with Crippen molar-refractivity contribution in [3.8, 4) is 11.1 Å². The highest BCUT2D eigenvalue weighted by atomic mass is 35.5. The first-order valence-electron chi connectivity index (χ1n) is 7.41. The van der Waals surface area contributed by atoms with E-state index in [1.54, 1.807) is 6.07 Å². The Kier molecular flexibility index (Phi) is 5.64. The van der Waals surface area contributed by atoms with Crippen LogP contribution in [0.4, 0.5) is 5.69 Å². The van der Waals surface area contributed by atoms with Gasteiger partial charge >= 0.3 is 5.97 Å². The molecular weight excluding hydrogens is 312 g/mol. The van der Waals surface area contributed by atoms with Gasteiger partial charge in [-0.2, -0.15) is 0 Å². The summed E-state index contributed by atoms with van der Waals surface area (Å²) >= 11 is 6.36. The smallest absolute Gasteiger partial charge is 0.304 e. The maximum atomic E-state index is 11.0. The number of nitrogens with zero attached hydrogens (tertiary/aromatic N) is 1. The number of carbonyl (C=O) groups is 1. The summed E-state index contributed by atoms with van der Waals surface area (Å²) in [4.78, 5) is 13.0. The van der Waals surface area contributed by atoms with Crippen molar-refractivity contribution >= 4 is 23.3 Å². The number of nitrogens with two attached hydrogens (primary N) is 1. The number of anilines is 1. The van der Waals surface area contributed by atoms with Gasteiger partial charge in [0.2, 0.25) is 0 Å². The van der Waals surface area contributed by atoms with Gasteiger partial charge in [0.15, 0.2) is 0 Å². The molecule has 0 spiro atoms. The summed E-state index contributed by atoms with van der Waals surface area (Å²) in [7, 11) is 3.96. The van der Waals surface area contributed by atoms with E-state index in [0.717, 1.165) is 22.4 Å². The van der Waals surface area contributed by atoms with Crippen LogP contribution in [-0.2, 0) is 4.79 Å². The molecule has 0 radical (unpaired) electrons. The van der Waals surface area contributed by atoms with E-state index in [0.29, 0.717) is 5.02 Å². The van der Waals surface area contributed by atoms with Gasteiger partial charge in [-0.15, -0.1) is 0 Å². The second-order valence-corrected chi connectivity index (χ2v) is 6.12. The van der Waals surface area contributed by atoms with Crippen LogP contribution in [0.25, 0.3) is 11.1 Å². The van der Waals surface area contributed by atoms with Gasteiger partial charge in [0.25, 0.3) is 0 Å². The molecule has 0 saturated carbocycles. The lowest BCUT2D eigenvalue weighted by Crippen LogP contribution is -2.16. The lowest BCUT2D eigenvalue weighted by molar-refractivity contribution is -0.137. The lowest BCUT2D eigenvalue weighted by atomic mass is 9.92. The fraction of sp³-hybridized carbons (Fsp3) is 0.278. The number of aliphatic carboxylic acids is 1. The van der Waals surface area contributed by atoms with Crippen molar-refractivity contribution in [1.29, 1.82) is 0 Å². The Morgan fingerprint density at radius 3 is 2.61 bits per heavy atom. The van der Waals surface area contributed by atoms with Crippen LogP contribution in [0.5, 0.6) is 0 Å². The molecule has 4 nitrogen and oxygen atoms in total. The third-order valence-electron chi connectivity index (χ3n) is 3.84. The summed E-state index contributed by atoms with van der Waals surface area (Å²) in [5, 5.41) is 9.66. The van der Waals surface area contributed by atoms with E-state index in [4.69, 9.17) is 22.4 Å². The minimum atomic E-state index is -0.855. The molecule has 0 unspecified atom stereocenters. The Labute approximate surface area is 141 Å². The van der Waals surface area contributed by atoms with E-state index >= 15 is 0 Å². The number of rotatable bonds is 6. The van der Waals surface area contributed by atoms with Gasteiger partial charge in [0, 0.05) is 36.3 Å². The van der Waals surface area contributed by atoms with Crippen molar-refractivity contribution in [2.24, 2.45) is 5.73 Å². The molecule has 2 rings (SSSR count). The molecule has 0 bridgehead atoms. The van der Waals surface area contributed by atoms with E-state index in [2.05, 4.69) is 6.07 Å². The predicted molar refractivity (Wildman–Crippen MR) is 95.3 cm³/mol. The number of carboxylic acid groups (broad SMARTS) is 1. The zero-order chi connectivity index (χ0) is 17.0. The normalized spacial score (nSPS) is 12.0. The molecule has 1 atom stereocenters. The zero-order valence-electron chi connectivity index (χ0n) is 13.3. The molecule has 3 N–H and O–H groups in total. The molecule has 0 fully saturated rings. The van der Waals surface area contributed by atoms with E-state index in [9.17, 15) is 4.79 Å². The fourth-order valence-corrected chi connectivity index (χ4v) is 2.74. The van der Waals surface area contributed by atoms with Crippen LogP contribution in [0.2, 0.25) is 5.02 Å². The van der Waals surface area contributed by atoms with Crippen LogP contribution >= 0.6 is 11.6 Å². The highest BCUT2D eigenvalue weighted by Crippen LogP contribution is 2.33. The van der Waals surface area contributed by atoms with Gasteiger partial charge in [-0.05, 0) is 41.9 Å². The van der Waals surface area contributed by atoms with Gasteiger partial charge < -0.3 is 15.7 Å². The Morgan fingerprint density at radius 1 is 1.26 bits per heavy atom. The molecule has 23 heavy (non-hydrogen) atoms. The van der Waals surface area contributed by atoms with Gasteiger partial charge in [-0.3, -0.25) is 4.79 Å². The summed E-state index contributed by atoms with van der Waals surface area (Å²) in [5.74, 6) is -1.08. The molecular formula is C18H21ClN2O2. The molecule has 2 aromatic rings. The Bertz CT molecular complexity index is 701. The molecule has 0 amide bonds. The van der Waals surface area contributed by atoms with Gasteiger partial charge in [0.05, 0.1) is 6.42 Å². The maximum absolute atomic E-state index is 11.0. The highest BCUT2D eigenvalue weighted by Gasteiger charge is 2.16. The number of hydrogen-bond donors (Lipinski definition) is 2. The summed E-state index contributed by atoms with van der Waals surface area (Å²) in [6.45, 7) is 0.283. The monoisotopic (exact) mass is 332 g/mol. The van der Waals surface area contributed by atoms with Crippen molar-refractivity contribution in [3.05, 3.63) is 53.1 Å². The van der Waals surface area contributed by atoms with E-state index in [-0.39, 0.29) is 18.9 Å². The van der Waals surface area contributed by atoms with E-state index in [1.807, 2.05) is 49.3 Å². The average molecular weight is 333 g/mol. The van der Waals surface area contributed by atoms with Crippen molar-refractivity contribution in [2.45, 2.75) is 12.3 Å². The summed E-state index contributed by atoms with van der Waals surface area (Å²) in [5.41, 5.74) is 9.59. The zero-order valence-corrected chi connectivity index (χ0v) is 14.0. The van der Waals surface area contributed by atoms with Crippen molar-refractivity contribution in [2.75, 3.05) is 25.5 Å². The van der Waals surface area contributed by atoms with Crippen LogP contribution in [0.3, 0.4) is 0 Å². The average Bonchev–Trinajstić information content (AvgIpc) is 2.53. The van der Waals surface area contributed by atoms with Crippen molar-refractivity contribution in [1.82, 2.24) is 0 Å². The molecule has 0 aliphatic heterocycles. The summed E-state index contributed by atoms with van der Waals surface area (Å²) < 4.78 is 0. The fourth-order valence-electron chi connectivity index (χ4n) is 2.52. The first-order chi connectivity index (χ1) is 10.9. The first-order valence-corrected chi connectivity index (χ1v) is 7.79. The molecule has 0 aliphatic rings. The standard InChI is InChI=1S/C18H21ClN2O2/c1-21(2)15-5-3-4-13(8-15)16-9-12(6-7-17(16)19)14(11-20)10-18(22)23/h3-9,14H,10-11,20H2,1-2H3,(H,22,23)/t14-/m0/s1. The SMILES string of the molecule is CN(C)c1cccc(-c2cc([C@H](CN)CC(=O)O)ccc2Cl)c1. The molecule has 5 heteroatoms. The van der Waals surface area contributed by atoms with Gasteiger partial charge in [0.1, 0.15) is 0 Å². The van der Waals surface area contributed by atoms with Crippen LogP contribution in [-0.4, -0.2) is 31.7 Å². The topological polar surface area (TPSA) is 66.6 Å². The highest BCUT2D eigenvalue weighted by molar-refractivity contribution is 6.33. The number of carboxylic acids is 1. The van der Waals surface area contributed by atoms with Crippen molar-refractivity contribution < 1.29 is 9.90 Å². The Morgan fingerprint density at radius 2 is 2.00 bits per heavy atom. The minimum absolute atomic E-state index is 0.00924. The first kappa shape index (κ1) is 17.3. The quantitative estimate of drug-likeness (QED) is 0.848. The van der Waals surface area contributed by atoms with Gasteiger partial charge in [-0.25, -0.2) is 0 Å². The summed E-state index contributed by atoms with van der Waals surface area (Å²) in [6.07, 6.45) is 0.00924. The molecule has 0 aliphatic carbocycles. The number of halogens is 1.